The Morgan fingerprint density at radius 3 is 1.77 bits per heavy atom. The first kappa shape index (κ1) is 16.4. The monoisotopic (exact) mass is 301 g/mol. The Hall–Kier alpha value is -2.00. The third-order valence-corrected chi connectivity index (χ3v) is 3.36. The molecule has 0 atom stereocenters. The predicted octanol–water partition coefficient (Wildman–Crippen LogP) is 4.78. The fourth-order valence-electron chi connectivity index (χ4n) is 2.25. The van der Waals surface area contributed by atoms with Crippen LogP contribution in [0.25, 0.3) is 5.57 Å². The van der Waals surface area contributed by atoms with Crippen LogP contribution in [0.1, 0.15) is 31.4 Å². The van der Waals surface area contributed by atoms with Crippen molar-refractivity contribution in [2.75, 3.05) is 6.54 Å². The zero-order chi connectivity index (χ0) is 15.9. The highest BCUT2D eigenvalue weighted by Gasteiger charge is 2.06. The van der Waals surface area contributed by atoms with E-state index in [0.717, 1.165) is 29.7 Å². The first-order valence-corrected chi connectivity index (χ1v) is 7.51. The molecule has 0 aliphatic heterocycles. The Morgan fingerprint density at radius 1 is 0.909 bits per heavy atom. The summed E-state index contributed by atoms with van der Waals surface area (Å²) in [5, 5.41) is 3.36. The lowest BCUT2D eigenvalue weighted by Gasteiger charge is -2.10. The summed E-state index contributed by atoms with van der Waals surface area (Å²) in [4.78, 5) is 0. The van der Waals surface area contributed by atoms with E-state index in [1.807, 2.05) is 0 Å². The van der Waals surface area contributed by atoms with Crippen LogP contribution >= 0.6 is 0 Å². The van der Waals surface area contributed by atoms with Gasteiger partial charge in [-0.3, -0.25) is 0 Å². The third-order valence-electron chi connectivity index (χ3n) is 3.36. The van der Waals surface area contributed by atoms with Gasteiger partial charge in [-0.1, -0.05) is 44.2 Å². The van der Waals surface area contributed by atoms with E-state index in [1.165, 1.54) is 24.3 Å². The highest BCUT2D eigenvalue weighted by molar-refractivity contribution is 5.79. The molecular weight excluding hydrogens is 280 g/mol. The van der Waals surface area contributed by atoms with Gasteiger partial charge in [0, 0.05) is 6.04 Å². The van der Waals surface area contributed by atoms with Crippen molar-refractivity contribution in [3.63, 3.8) is 0 Å². The van der Waals surface area contributed by atoms with Gasteiger partial charge < -0.3 is 5.32 Å². The highest BCUT2D eigenvalue weighted by Crippen LogP contribution is 2.24. The van der Waals surface area contributed by atoms with E-state index in [2.05, 4.69) is 25.2 Å². The molecule has 0 saturated heterocycles. The molecule has 1 N–H and O–H groups in total. The molecule has 1 nitrogen and oxygen atoms in total. The van der Waals surface area contributed by atoms with Gasteiger partial charge in [0.25, 0.3) is 0 Å². The van der Waals surface area contributed by atoms with Crippen molar-refractivity contribution in [2.24, 2.45) is 0 Å². The van der Waals surface area contributed by atoms with Gasteiger partial charge in [0.15, 0.2) is 0 Å². The minimum Gasteiger partial charge on any atom is -0.314 e. The zero-order valence-corrected chi connectivity index (χ0v) is 12.9. The lowest BCUT2D eigenvalue weighted by molar-refractivity contribution is 0.595. The normalized spacial score (nSPS) is 10.8. The largest absolute Gasteiger partial charge is 0.314 e. The van der Waals surface area contributed by atoms with E-state index >= 15 is 0 Å². The highest BCUT2D eigenvalue weighted by atomic mass is 19.1. The van der Waals surface area contributed by atoms with Gasteiger partial charge in [0.05, 0.1) is 0 Å². The predicted molar refractivity (Wildman–Crippen MR) is 87.6 cm³/mol. The first-order valence-electron chi connectivity index (χ1n) is 7.51. The molecule has 3 heteroatoms. The Balaban J connectivity index is 2.25. The Bertz CT molecular complexity index is 565. The van der Waals surface area contributed by atoms with E-state index in [9.17, 15) is 8.78 Å². The van der Waals surface area contributed by atoms with E-state index in [4.69, 9.17) is 0 Å². The fourth-order valence-corrected chi connectivity index (χ4v) is 2.25. The molecule has 0 heterocycles. The summed E-state index contributed by atoms with van der Waals surface area (Å²) in [5.74, 6) is -0.521. The van der Waals surface area contributed by atoms with Crippen LogP contribution in [0.4, 0.5) is 8.78 Å². The lowest BCUT2D eigenvalue weighted by atomic mass is 9.97. The minimum absolute atomic E-state index is 0.260. The molecule has 0 radical (unpaired) electrons. The van der Waals surface area contributed by atoms with Crippen LogP contribution in [0.2, 0.25) is 0 Å². The van der Waals surface area contributed by atoms with Crippen molar-refractivity contribution in [1.82, 2.24) is 5.32 Å². The zero-order valence-electron chi connectivity index (χ0n) is 12.9. The second-order valence-corrected chi connectivity index (χ2v) is 5.53. The van der Waals surface area contributed by atoms with E-state index in [-0.39, 0.29) is 11.6 Å². The summed E-state index contributed by atoms with van der Waals surface area (Å²) in [6.07, 6.45) is 2.96. The Kier molecular flexibility index (Phi) is 5.84. The average molecular weight is 301 g/mol. The van der Waals surface area contributed by atoms with Crippen LogP contribution in [0.15, 0.2) is 54.6 Å². The van der Waals surface area contributed by atoms with Gasteiger partial charge in [-0.25, -0.2) is 8.78 Å². The van der Waals surface area contributed by atoms with Crippen molar-refractivity contribution in [1.29, 1.82) is 0 Å². The summed E-state index contributed by atoms with van der Waals surface area (Å²) in [5.41, 5.74) is 2.85. The van der Waals surface area contributed by atoms with Crippen LogP contribution in [-0.4, -0.2) is 12.6 Å². The standard InChI is InChI=1S/C19H21F2N/c1-14(2)22-13-3-4-19(15-5-9-17(20)10-6-15)16-7-11-18(21)12-8-16/h4-12,14,22H,3,13H2,1-2H3. The van der Waals surface area contributed by atoms with Crippen LogP contribution < -0.4 is 5.32 Å². The number of rotatable bonds is 6. The molecule has 22 heavy (non-hydrogen) atoms. The average Bonchev–Trinajstić information content (AvgIpc) is 2.50. The topological polar surface area (TPSA) is 12.0 Å². The van der Waals surface area contributed by atoms with E-state index in [1.54, 1.807) is 24.3 Å². The number of benzene rings is 2. The summed E-state index contributed by atoms with van der Waals surface area (Å²) in [7, 11) is 0. The van der Waals surface area contributed by atoms with Crippen LogP contribution in [0.5, 0.6) is 0 Å². The molecule has 0 spiro atoms. The molecule has 0 fully saturated rings. The molecule has 0 aliphatic carbocycles. The number of nitrogens with one attached hydrogen (secondary N) is 1. The molecule has 0 saturated carbocycles. The second kappa shape index (κ2) is 7.85. The fraction of sp³-hybridized carbons (Fsp3) is 0.263. The Labute approximate surface area is 130 Å². The van der Waals surface area contributed by atoms with Gasteiger partial charge >= 0.3 is 0 Å². The maximum absolute atomic E-state index is 13.1. The summed E-state index contributed by atoms with van der Waals surface area (Å²) >= 11 is 0. The third kappa shape index (κ3) is 4.78. The number of hydrogen-bond acceptors (Lipinski definition) is 1. The molecule has 0 unspecified atom stereocenters. The number of halogens is 2. The molecule has 0 amide bonds. The summed E-state index contributed by atoms with van der Waals surface area (Å²) in [6, 6.07) is 13.2. The van der Waals surface area contributed by atoms with Crippen LogP contribution in [0, 0.1) is 11.6 Å². The molecule has 0 aromatic heterocycles. The number of hydrogen-bond donors (Lipinski definition) is 1. The summed E-state index contributed by atoms with van der Waals surface area (Å²) < 4.78 is 26.2. The maximum Gasteiger partial charge on any atom is 0.123 e. The molecule has 2 rings (SSSR count). The molecule has 2 aromatic carbocycles. The van der Waals surface area contributed by atoms with Crippen LogP contribution in [0.3, 0.4) is 0 Å². The SMILES string of the molecule is CC(C)NCCC=C(c1ccc(F)cc1)c1ccc(F)cc1. The van der Waals surface area contributed by atoms with Crippen molar-refractivity contribution in [3.8, 4) is 0 Å². The maximum atomic E-state index is 13.1. The molecule has 0 bridgehead atoms. The molecule has 0 aliphatic rings. The lowest BCUT2D eigenvalue weighted by Crippen LogP contribution is -2.23. The van der Waals surface area contributed by atoms with Crippen molar-refractivity contribution < 1.29 is 8.78 Å². The molecule has 2 aromatic rings. The Morgan fingerprint density at radius 2 is 1.36 bits per heavy atom. The van der Waals surface area contributed by atoms with E-state index in [0.29, 0.717) is 6.04 Å². The van der Waals surface area contributed by atoms with Crippen molar-refractivity contribution in [2.45, 2.75) is 26.3 Å². The van der Waals surface area contributed by atoms with Crippen LogP contribution in [-0.2, 0) is 0 Å². The van der Waals surface area contributed by atoms with Gasteiger partial charge in [-0.15, -0.1) is 0 Å². The summed E-state index contributed by atoms with van der Waals surface area (Å²) in [6.45, 7) is 5.07. The van der Waals surface area contributed by atoms with Gasteiger partial charge in [-0.2, -0.15) is 0 Å². The second-order valence-electron chi connectivity index (χ2n) is 5.53. The van der Waals surface area contributed by atoms with Crippen molar-refractivity contribution in [3.05, 3.63) is 77.4 Å². The minimum atomic E-state index is -0.260. The van der Waals surface area contributed by atoms with Gasteiger partial charge in [-0.05, 0) is 53.9 Å². The first-order chi connectivity index (χ1) is 10.6. The smallest absolute Gasteiger partial charge is 0.123 e. The van der Waals surface area contributed by atoms with E-state index < -0.39 is 0 Å². The molecule has 116 valence electrons. The molecular formula is C19H21F2N. The van der Waals surface area contributed by atoms with Crippen molar-refractivity contribution >= 4 is 5.57 Å². The van der Waals surface area contributed by atoms with Gasteiger partial charge in [0.1, 0.15) is 11.6 Å². The van der Waals surface area contributed by atoms with Gasteiger partial charge in [0.2, 0.25) is 0 Å². The quantitative estimate of drug-likeness (QED) is 0.757.